The molecule has 0 radical (unpaired) electrons. The molecule has 1 aromatic carbocycles. The highest BCUT2D eigenvalue weighted by Gasteiger charge is 2.05. The van der Waals surface area contributed by atoms with Gasteiger partial charge in [-0.05, 0) is 28.1 Å². The third kappa shape index (κ3) is 2.59. The van der Waals surface area contributed by atoms with Crippen LogP contribution < -0.4 is 5.73 Å². The zero-order valence-electron chi connectivity index (χ0n) is 6.62. The van der Waals surface area contributed by atoms with Crippen molar-refractivity contribution in [2.24, 2.45) is 5.73 Å². The van der Waals surface area contributed by atoms with Gasteiger partial charge in [-0.2, -0.15) is 5.26 Å². The molecule has 1 rings (SSSR count). The number of hydrogen-bond acceptors (Lipinski definition) is 3. The predicted octanol–water partition coefficient (Wildman–Crippen LogP) is 1.91. The predicted molar refractivity (Wildman–Crippen MR) is 55.7 cm³/mol. The van der Waals surface area contributed by atoms with Gasteiger partial charge in [0.05, 0.1) is 16.1 Å². The van der Waals surface area contributed by atoms with E-state index in [2.05, 4.69) is 15.9 Å². The van der Waals surface area contributed by atoms with Gasteiger partial charge in [0.2, 0.25) is 0 Å². The molecule has 0 amide bonds. The van der Waals surface area contributed by atoms with Crippen LogP contribution in [0.4, 0.5) is 0 Å². The molecule has 13 heavy (non-hydrogen) atoms. The number of hydrogen-bond donors (Lipinski definition) is 2. The summed E-state index contributed by atoms with van der Waals surface area (Å²) in [4.78, 5) is 0. The lowest BCUT2D eigenvalue weighted by Crippen LogP contribution is -1.97. The summed E-state index contributed by atoms with van der Waals surface area (Å²) in [5.74, 6) is 0.108. The van der Waals surface area contributed by atoms with Crippen LogP contribution in [0.3, 0.4) is 0 Å². The Labute approximate surface area is 90.7 Å². The van der Waals surface area contributed by atoms with E-state index in [9.17, 15) is 5.11 Å². The standard InChI is InChI=1S/C8H7BrN2O.ClH/c9-7-2-5(3-10)1-6(4-11)8(7)12;/h1-2,12H,4,11H2;1H. The molecule has 0 spiro atoms. The van der Waals surface area contributed by atoms with Gasteiger partial charge >= 0.3 is 0 Å². The summed E-state index contributed by atoms with van der Waals surface area (Å²) in [6.45, 7) is 0.222. The molecular formula is C8H8BrClN2O. The largest absolute Gasteiger partial charge is 0.506 e. The normalized spacial score (nSPS) is 8.69. The van der Waals surface area contributed by atoms with E-state index in [1.54, 1.807) is 12.1 Å². The monoisotopic (exact) mass is 262 g/mol. The molecule has 0 saturated carbocycles. The Bertz CT molecular complexity index is 349. The summed E-state index contributed by atoms with van der Waals surface area (Å²) in [6, 6.07) is 5.09. The fourth-order valence-electron chi connectivity index (χ4n) is 0.876. The van der Waals surface area contributed by atoms with Crippen LogP contribution >= 0.6 is 28.3 Å². The van der Waals surface area contributed by atoms with Crippen molar-refractivity contribution < 1.29 is 5.11 Å². The zero-order valence-corrected chi connectivity index (χ0v) is 9.02. The van der Waals surface area contributed by atoms with E-state index < -0.39 is 0 Å². The lowest BCUT2D eigenvalue weighted by Gasteiger charge is -2.03. The van der Waals surface area contributed by atoms with E-state index in [4.69, 9.17) is 11.0 Å². The Morgan fingerprint density at radius 2 is 2.15 bits per heavy atom. The molecule has 0 bridgehead atoms. The minimum Gasteiger partial charge on any atom is -0.506 e. The molecule has 5 heteroatoms. The molecule has 1 aromatic rings. The van der Waals surface area contributed by atoms with Crippen molar-refractivity contribution in [3.8, 4) is 11.8 Å². The number of phenols is 1. The van der Waals surface area contributed by atoms with Gasteiger partial charge in [-0.1, -0.05) is 0 Å². The SMILES string of the molecule is Cl.N#Cc1cc(Br)c(O)c(CN)c1. The van der Waals surface area contributed by atoms with E-state index in [0.717, 1.165) is 0 Å². The van der Waals surface area contributed by atoms with Gasteiger partial charge in [0.15, 0.2) is 0 Å². The molecule has 0 heterocycles. The maximum atomic E-state index is 9.38. The average molecular weight is 264 g/mol. The fraction of sp³-hybridized carbons (Fsp3) is 0.125. The Hall–Kier alpha value is -0.760. The Kier molecular flexibility index (Phi) is 4.78. The van der Waals surface area contributed by atoms with Crippen LogP contribution in [0.25, 0.3) is 0 Å². The van der Waals surface area contributed by atoms with Gasteiger partial charge in [0, 0.05) is 12.1 Å². The first kappa shape index (κ1) is 12.2. The van der Waals surface area contributed by atoms with E-state index in [1.807, 2.05) is 6.07 Å². The van der Waals surface area contributed by atoms with Crippen molar-refractivity contribution in [2.75, 3.05) is 0 Å². The van der Waals surface area contributed by atoms with E-state index >= 15 is 0 Å². The molecule has 0 aromatic heterocycles. The molecule has 0 atom stereocenters. The highest BCUT2D eigenvalue weighted by molar-refractivity contribution is 9.10. The maximum absolute atomic E-state index is 9.38. The number of halogens is 2. The lowest BCUT2D eigenvalue weighted by molar-refractivity contribution is 0.465. The molecule has 0 aliphatic heterocycles. The Balaban J connectivity index is 0.00000144. The minimum atomic E-state index is 0. The van der Waals surface area contributed by atoms with Crippen LogP contribution in [0.1, 0.15) is 11.1 Å². The molecule has 70 valence electrons. The zero-order chi connectivity index (χ0) is 9.14. The van der Waals surface area contributed by atoms with Crippen LogP contribution in [-0.2, 0) is 6.54 Å². The minimum absolute atomic E-state index is 0. The second-order valence-corrected chi connectivity index (χ2v) is 3.14. The number of aromatic hydroxyl groups is 1. The second kappa shape index (κ2) is 5.07. The van der Waals surface area contributed by atoms with Crippen LogP contribution in [0.15, 0.2) is 16.6 Å². The van der Waals surface area contributed by atoms with Crippen LogP contribution in [0.2, 0.25) is 0 Å². The van der Waals surface area contributed by atoms with Gasteiger partial charge in [0.1, 0.15) is 5.75 Å². The summed E-state index contributed by atoms with van der Waals surface area (Å²) >= 11 is 3.12. The summed E-state index contributed by atoms with van der Waals surface area (Å²) < 4.78 is 0.502. The number of nitrogens with zero attached hydrogens (tertiary/aromatic N) is 1. The van der Waals surface area contributed by atoms with Gasteiger partial charge in [-0.3, -0.25) is 0 Å². The maximum Gasteiger partial charge on any atom is 0.134 e. The molecule has 0 aliphatic carbocycles. The number of benzene rings is 1. The third-order valence-corrected chi connectivity index (χ3v) is 2.10. The Morgan fingerprint density at radius 1 is 1.54 bits per heavy atom. The summed E-state index contributed by atoms with van der Waals surface area (Å²) in [7, 11) is 0. The number of phenolic OH excluding ortho intramolecular Hbond substituents is 1. The van der Waals surface area contributed by atoms with Gasteiger partial charge in [-0.15, -0.1) is 12.4 Å². The summed E-state index contributed by atoms with van der Waals surface area (Å²) in [6.07, 6.45) is 0. The quantitative estimate of drug-likeness (QED) is 0.813. The van der Waals surface area contributed by atoms with Crippen molar-refractivity contribution in [3.05, 3.63) is 27.7 Å². The van der Waals surface area contributed by atoms with E-state index in [-0.39, 0.29) is 24.7 Å². The molecule has 0 unspecified atom stereocenters. The highest BCUT2D eigenvalue weighted by Crippen LogP contribution is 2.28. The topological polar surface area (TPSA) is 70.0 Å². The molecule has 0 fully saturated rings. The first-order valence-corrected chi connectivity index (χ1v) is 4.10. The van der Waals surface area contributed by atoms with Crippen LogP contribution in [0.5, 0.6) is 5.75 Å². The smallest absolute Gasteiger partial charge is 0.134 e. The first-order chi connectivity index (χ1) is 5.69. The number of nitriles is 1. The number of rotatable bonds is 1. The molecule has 3 nitrogen and oxygen atoms in total. The van der Waals surface area contributed by atoms with Crippen LogP contribution in [0, 0.1) is 11.3 Å². The van der Waals surface area contributed by atoms with Gasteiger partial charge in [-0.25, -0.2) is 0 Å². The molecular weight excluding hydrogens is 255 g/mol. The highest BCUT2D eigenvalue weighted by atomic mass is 79.9. The van der Waals surface area contributed by atoms with Crippen LogP contribution in [-0.4, -0.2) is 5.11 Å². The number of nitrogens with two attached hydrogens (primary N) is 1. The van der Waals surface area contributed by atoms with Gasteiger partial charge < -0.3 is 10.8 Å². The van der Waals surface area contributed by atoms with E-state index in [1.165, 1.54) is 0 Å². The average Bonchev–Trinajstić information content (AvgIpc) is 2.09. The van der Waals surface area contributed by atoms with Crippen molar-refractivity contribution in [3.63, 3.8) is 0 Å². The fourth-order valence-corrected chi connectivity index (χ4v) is 1.38. The first-order valence-electron chi connectivity index (χ1n) is 3.30. The van der Waals surface area contributed by atoms with Crippen molar-refractivity contribution in [1.82, 2.24) is 0 Å². The summed E-state index contributed by atoms with van der Waals surface area (Å²) in [5, 5.41) is 18.0. The second-order valence-electron chi connectivity index (χ2n) is 2.28. The van der Waals surface area contributed by atoms with Gasteiger partial charge in [0.25, 0.3) is 0 Å². The van der Waals surface area contributed by atoms with E-state index in [0.29, 0.717) is 15.6 Å². The third-order valence-electron chi connectivity index (χ3n) is 1.49. The summed E-state index contributed by atoms with van der Waals surface area (Å²) in [5.41, 5.74) is 6.41. The molecule has 3 N–H and O–H groups in total. The van der Waals surface area contributed by atoms with Crippen molar-refractivity contribution >= 4 is 28.3 Å². The lowest BCUT2D eigenvalue weighted by atomic mass is 10.1. The van der Waals surface area contributed by atoms with Crippen molar-refractivity contribution in [2.45, 2.75) is 6.54 Å². The molecule has 0 saturated heterocycles. The van der Waals surface area contributed by atoms with Crippen molar-refractivity contribution in [1.29, 1.82) is 5.26 Å². The Morgan fingerprint density at radius 3 is 2.62 bits per heavy atom. The molecule has 0 aliphatic rings.